The van der Waals surface area contributed by atoms with Crippen LogP contribution < -0.4 is 10.5 Å². The van der Waals surface area contributed by atoms with Crippen LogP contribution in [0.25, 0.3) is 11.3 Å². The van der Waals surface area contributed by atoms with Crippen molar-refractivity contribution < 1.29 is 14.3 Å². The van der Waals surface area contributed by atoms with Crippen LogP contribution in [0.15, 0.2) is 12.3 Å². The minimum Gasteiger partial charge on any atom is -0.481 e. The number of rotatable bonds is 1. The maximum Gasteiger partial charge on any atom is 0.348 e. The first-order valence-electron chi connectivity index (χ1n) is 5.37. The Balaban J connectivity index is 2.17. The Hall–Kier alpha value is -2.02. The number of fused-ring (bicyclic) bond motifs is 3. The van der Waals surface area contributed by atoms with Gasteiger partial charge in [0.05, 0.1) is 36.8 Å². The summed E-state index contributed by atoms with van der Waals surface area (Å²) in [5.74, 6) is -0.374. The van der Waals surface area contributed by atoms with Gasteiger partial charge in [-0.05, 0) is 6.07 Å². The SMILES string of the molecule is COC(=O)c1cc2c(s1)OCCn1ncc(N)c1-2. The Morgan fingerprint density at radius 3 is 3.28 bits per heavy atom. The second kappa shape index (κ2) is 4.02. The number of carbonyl (C=O) groups is 1. The van der Waals surface area contributed by atoms with Crippen molar-refractivity contribution in [1.82, 2.24) is 9.78 Å². The number of thiophene rings is 1. The van der Waals surface area contributed by atoms with E-state index < -0.39 is 0 Å². The molecule has 0 saturated carbocycles. The lowest BCUT2D eigenvalue weighted by Gasteiger charge is -2.01. The molecule has 3 rings (SSSR count). The van der Waals surface area contributed by atoms with Crippen molar-refractivity contribution in [2.24, 2.45) is 0 Å². The number of ether oxygens (including phenoxy) is 2. The van der Waals surface area contributed by atoms with E-state index in [1.807, 2.05) is 0 Å². The Labute approximate surface area is 107 Å². The zero-order valence-electron chi connectivity index (χ0n) is 9.67. The minimum atomic E-state index is -0.374. The molecular weight excluding hydrogens is 254 g/mol. The molecule has 18 heavy (non-hydrogen) atoms. The second-order valence-electron chi connectivity index (χ2n) is 3.82. The van der Waals surface area contributed by atoms with Crippen molar-refractivity contribution in [1.29, 1.82) is 0 Å². The number of aromatic nitrogens is 2. The Bertz CT molecular complexity index is 617. The van der Waals surface area contributed by atoms with E-state index in [4.69, 9.17) is 15.2 Å². The van der Waals surface area contributed by atoms with Gasteiger partial charge in [-0.1, -0.05) is 11.3 Å². The van der Waals surface area contributed by atoms with Gasteiger partial charge < -0.3 is 15.2 Å². The standard InChI is InChI=1S/C11H11N3O3S/c1-16-10(15)8-4-6-9-7(12)5-13-14(9)2-3-17-11(6)18-8/h4-5H,2-3,12H2,1H3. The largest absolute Gasteiger partial charge is 0.481 e. The molecule has 0 aromatic carbocycles. The van der Waals surface area contributed by atoms with Crippen LogP contribution >= 0.6 is 11.3 Å². The predicted molar refractivity (Wildman–Crippen MR) is 66.8 cm³/mol. The number of nitrogens with zero attached hydrogens (tertiary/aromatic N) is 2. The van der Waals surface area contributed by atoms with E-state index in [9.17, 15) is 4.79 Å². The summed E-state index contributed by atoms with van der Waals surface area (Å²) in [7, 11) is 1.35. The van der Waals surface area contributed by atoms with Gasteiger partial charge >= 0.3 is 5.97 Å². The Kier molecular flexibility index (Phi) is 2.48. The van der Waals surface area contributed by atoms with Crippen LogP contribution in [0.3, 0.4) is 0 Å². The fraction of sp³-hybridized carbons (Fsp3) is 0.273. The van der Waals surface area contributed by atoms with E-state index in [1.165, 1.54) is 18.4 Å². The molecule has 2 N–H and O–H groups in total. The highest BCUT2D eigenvalue weighted by Gasteiger charge is 2.24. The van der Waals surface area contributed by atoms with Crippen LogP contribution in [0, 0.1) is 0 Å². The summed E-state index contributed by atoms with van der Waals surface area (Å²) in [5.41, 5.74) is 8.09. The molecule has 2 aromatic heterocycles. The topological polar surface area (TPSA) is 79.4 Å². The van der Waals surface area contributed by atoms with E-state index in [-0.39, 0.29) is 5.97 Å². The van der Waals surface area contributed by atoms with Crippen molar-refractivity contribution in [3.05, 3.63) is 17.1 Å². The van der Waals surface area contributed by atoms with Crippen LogP contribution in [-0.4, -0.2) is 29.5 Å². The lowest BCUT2D eigenvalue weighted by Crippen LogP contribution is -2.07. The third-order valence-corrected chi connectivity index (χ3v) is 3.77. The van der Waals surface area contributed by atoms with E-state index >= 15 is 0 Å². The lowest BCUT2D eigenvalue weighted by atomic mass is 10.2. The summed E-state index contributed by atoms with van der Waals surface area (Å²) < 4.78 is 12.1. The summed E-state index contributed by atoms with van der Waals surface area (Å²) in [5, 5.41) is 4.87. The van der Waals surface area contributed by atoms with Crippen LogP contribution in [0.1, 0.15) is 9.67 Å². The normalized spacial score (nSPS) is 13.2. The van der Waals surface area contributed by atoms with Crippen LogP contribution in [0.5, 0.6) is 5.06 Å². The molecule has 6 nitrogen and oxygen atoms in total. The molecule has 1 aliphatic rings. The molecule has 0 spiro atoms. The summed E-state index contributed by atoms with van der Waals surface area (Å²) >= 11 is 1.26. The molecule has 0 atom stereocenters. The molecule has 94 valence electrons. The van der Waals surface area contributed by atoms with E-state index in [0.29, 0.717) is 28.8 Å². The molecular formula is C11H11N3O3S. The van der Waals surface area contributed by atoms with Gasteiger partial charge in [0.1, 0.15) is 11.5 Å². The zero-order chi connectivity index (χ0) is 12.7. The molecule has 1 aliphatic heterocycles. The Morgan fingerprint density at radius 1 is 1.67 bits per heavy atom. The van der Waals surface area contributed by atoms with Crippen molar-refractivity contribution in [2.45, 2.75) is 6.54 Å². The smallest absolute Gasteiger partial charge is 0.348 e. The van der Waals surface area contributed by atoms with Gasteiger partial charge in [0, 0.05) is 0 Å². The fourth-order valence-electron chi connectivity index (χ4n) is 1.94. The van der Waals surface area contributed by atoms with Crippen molar-refractivity contribution in [3.63, 3.8) is 0 Å². The van der Waals surface area contributed by atoms with Crippen molar-refractivity contribution >= 4 is 23.0 Å². The van der Waals surface area contributed by atoms with Crippen molar-refractivity contribution in [3.8, 4) is 16.3 Å². The van der Waals surface area contributed by atoms with E-state index in [0.717, 1.165) is 11.3 Å². The first-order valence-corrected chi connectivity index (χ1v) is 6.19. The van der Waals surface area contributed by atoms with E-state index in [2.05, 4.69) is 5.10 Å². The molecule has 0 saturated heterocycles. The molecule has 0 fully saturated rings. The molecule has 7 heteroatoms. The number of methoxy groups -OCH3 is 1. The van der Waals surface area contributed by atoms with Crippen LogP contribution in [0.2, 0.25) is 0 Å². The zero-order valence-corrected chi connectivity index (χ0v) is 10.5. The summed E-state index contributed by atoms with van der Waals surface area (Å²) in [6, 6.07) is 1.74. The fourth-order valence-corrected chi connectivity index (χ4v) is 2.89. The lowest BCUT2D eigenvalue weighted by molar-refractivity contribution is 0.0606. The molecule has 0 bridgehead atoms. The molecule has 0 aliphatic carbocycles. The van der Waals surface area contributed by atoms with Gasteiger partial charge in [0.2, 0.25) is 0 Å². The molecule has 2 aromatic rings. The first-order chi connectivity index (χ1) is 8.70. The van der Waals surface area contributed by atoms with Gasteiger partial charge in [-0.2, -0.15) is 5.10 Å². The monoisotopic (exact) mass is 265 g/mol. The van der Waals surface area contributed by atoms with Gasteiger partial charge in [-0.25, -0.2) is 4.79 Å². The highest BCUT2D eigenvalue weighted by Crippen LogP contribution is 2.42. The highest BCUT2D eigenvalue weighted by molar-refractivity contribution is 7.16. The minimum absolute atomic E-state index is 0.374. The predicted octanol–water partition coefficient (Wildman–Crippen LogP) is 1.37. The van der Waals surface area contributed by atoms with Gasteiger partial charge in [0.15, 0.2) is 5.06 Å². The number of hydrogen-bond acceptors (Lipinski definition) is 6. The van der Waals surface area contributed by atoms with Gasteiger partial charge in [-0.3, -0.25) is 4.68 Å². The Morgan fingerprint density at radius 2 is 2.50 bits per heavy atom. The third-order valence-electron chi connectivity index (χ3n) is 2.74. The number of carbonyl (C=O) groups excluding carboxylic acids is 1. The maximum atomic E-state index is 11.5. The molecule has 0 radical (unpaired) electrons. The number of nitrogen functional groups attached to an aromatic ring is 1. The summed E-state index contributed by atoms with van der Waals surface area (Å²) in [6.45, 7) is 1.14. The highest BCUT2D eigenvalue weighted by atomic mass is 32.1. The van der Waals surface area contributed by atoms with Gasteiger partial charge in [-0.15, -0.1) is 0 Å². The average molecular weight is 265 g/mol. The van der Waals surface area contributed by atoms with Crippen LogP contribution in [-0.2, 0) is 11.3 Å². The number of esters is 1. The third kappa shape index (κ3) is 1.55. The average Bonchev–Trinajstić information content (AvgIpc) is 2.89. The molecule has 3 heterocycles. The van der Waals surface area contributed by atoms with Crippen molar-refractivity contribution in [2.75, 3.05) is 19.5 Å². The maximum absolute atomic E-state index is 11.5. The summed E-state index contributed by atoms with van der Waals surface area (Å²) in [4.78, 5) is 12.0. The number of anilines is 1. The molecule has 0 unspecified atom stereocenters. The first kappa shape index (κ1) is 11.1. The summed E-state index contributed by atoms with van der Waals surface area (Å²) in [6.07, 6.45) is 1.61. The van der Waals surface area contributed by atoms with Crippen LogP contribution in [0.4, 0.5) is 5.69 Å². The van der Waals surface area contributed by atoms with Gasteiger partial charge in [0.25, 0.3) is 0 Å². The second-order valence-corrected chi connectivity index (χ2v) is 4.84. The number of nitrogens with two attached hydrogens (primary N) is 1. The molecule has 0 amide bonds. The number of hydrogen-bond donors (Lipinski definition) is 1. The van der Waals surface area contributed by atoms with E-state index in [1.54, 1.807) is 16.9 Å². The quantitative estimate of drug-likeness (QED) is 0.788.